The summed E-state index contributed by atoms with van der Waals surface area (Å²) < 4.78 is 10.5. The van der Waals surface area contributed by atoms with Crippen molar-refractivity contribution in [1.82, 2.24) is 0 Å². The van der Waals surface area contributed by atoms with Crippen LogP contribution in [0.5, 0.6) is 0 Å². The Morgan fingerprint density at radius 2 is 1.95 bits per heavy atom. The number of carbonyl (C=O) groups excluding carboxylic acids is 2. The summed E-state index contributed by atoms with van der Waals surface area (Å²) in [6.45, 7) is 3.95. The number of ether oxygens (including phenoxy) is 2. The first-order chi connectivity index (χ1) is 9.19. The molecule has 4 heteroatoms. The lowest BCUT2D eigenvalue weighted by atomic mass is 9.85. The molecule has 1 aromatic rings. The first kappa shape index (κ1) is 13.6. The molecule has 0 unspecified atom stereocenters. The average Bonchev–Trinajstić information content (AvgIpc) is 2.77. The van der Waals surface area contributed by atoms with Gasteiger partial charge < -0.3 is 9.47 Å². The monoisotopic (exact) mass is 262 g/mol. The van der Waals surface area contributed by atoms with E-state index in [1.165, 1.54) is 0 Å². The van der Waals surface area contributed by atoms with E-state index in [4.69, 9.17) is 9.47 Å². The Kier molecular flexibility index (Phi) is 4.20. The number of hydrogen-bond acceptors (Lipinski definition) is 4. The first-order valence-corrected chi connectivity index (χ1v) is 6.61. The van der Waals surface area contributed by atoms with E-state index in [0.717, 1.165) is 5.56 Å². The van der Waals surface area contributed by atoms with Crippen LogP contribution in [0.2, 0.25) is 0 Å². The Morgan fingerprint density at radius 3 is 2.53 bits per heavy atom. The standard InChI is InChI=1S/C15H18O4/c1-3-11-12(15(17)18-4-2)13(19-14(11)16)10-8-6-5-7-9-10/h5-9,11-13H,3-4H2,1-2H3/t11-,12-,13+/m1/s1. The van der Waals surface area contributed by atoms with Crippen LogP contribution in [-0.4, -0.2) is 18.5 Å². The maximum atomic E-state index is 12.1. The molecule has 0 aromatic heterocycles. The number of rotatable bonds is 4. The zero-order chi connectivity index (χ0) is 13.8. The first-order valence-electron chi connectivity index (χ1n) is 6.61. The zero-order valence-electron chi connectivity index (χ0n) is 11.2. The average molecular weight is 262 g/mol. The molecular weight excluding hydrogens is 244 g/mol. The normalized spacial score (nSPS) is 26.0. The van der Waals surface area contributed by atoms with Crippen molar-refractivity contribution in [3.05, 3.63) is 35.9 Å². The predicted octanol–water partition coefficient (Wildman–Crippen LogP) is 2.49. The smallest absolute Gasteiger partial charge is 0.313 e. The van der Waals surface area contributed by atoms with Crippen molar-refractivity contribution in [2.45, 2.75) is 26.4 Å². The fraction of sp³-hybridized carbons (Fsp3) is 0.467. The lowest BCUT2D eigenvalue weighted by Gasteiger charge is -2.18. The number of hydrogen-bond donors (Lipinski definition) is 0. The van der Waals surface area contributed by atoms with E-state index < -0.39 is 17.9 Å². The number of benzene rings is 1. The second-order valence-corrected chi connectivity index (χ2v) is 4.56. The lowest BCUT2D eigenvalue weighted by molar-refractivity contribution is -0.151. The van der Waals surface area contributed by atoms with Crippen LogP contribution in [0.1, 0.15) is 31.9 Å². The van der Waals surface area contributed by atoms with Crippen LogP contribution in [0.3, 0.4) is 0 Å². The molecule has 0 spiro atoms. The molecule has 19 heavy (non-hydrogen) atoms. The summed E-state index contributed by atoms with van der Waals surface area (Å²) in [5, 5.41) is 0. The molecule has 0 radical (unpaired) electrons. The lowest BCUT2D eigenvalue weighted by Crippen LogP contribution is -2.27. The van der Waals surface area contributed by atoms with E-state index >= 15 is 0 Å². The third kappa shape index (κ3) is 2.62. The van der Waals surface area contributed by atoms with Crippen molar-refractivity contribution in [1.29, 1.82) is 0 Å². The highest BCUT2D eigenvalue weighted by atomic mass is 16.6. The molecule has 0 saturated carbocycles. The third-order valence-corrected chi connectivity index (χ3v) is 3.43. The predicted molar refractivity (Wildman–Crippen MR) is 69.2 cm³/mol. The minimum absolute atomic E-state index is 0.307. The molecule has 1 heterocycles. The van der Waals surface area contributed by atoms with E-state index in [-0.39, 0.29) is 11.9 Å². The Morgan fingerprint density at radius 1 is 1.26 bits per heavy atom. The van der Waals surface area contributed by atoms with Gasteiger partial charge in [-0.25, -0.2) is 0 Å². The largest absolute Gasteiger partial charge is 0.466 e. The Labute approximate surface area is 112 Å². The number of carbonyl (C=O) groups is 2. The van der Waals surface area contributed by atoms with Crippen molar-refractivity contribution >= 4 is 11.9 Å². The van der Waals surface area contributed by atoms with Gasteiger partial charge in [-0.2, -0.15) is 0 Å². The van der Waals surface area contributed by atoms with Gasteiger partial charge in [-0.1, -0.05) is 37.3 Å². The van der Waals surface area contributed by atoms with Crippen molar-refractivity contribution in [3.63, 3.8) is 0 Å². The molecule has 1 aromatic carbocycles. The van der Waals surface area contributed by atoms with Crippen LogP contribution in [0.15, 0.2) is 30.3 Å². The maximum Gasteiger partial charge on any atom is 0.313 e. The molecule has 0 aliphatic carbocycles. The van der Waals surface area contributed by atoms with E-state index in [2.05, 4.69) is 0 Å². The van der Waals surface area contributed by atoms with Crippen LogP contribution in [0.4, 0.5) is 0 Å². The van der Waals surface area contributed by atoms with Crippen molar-refractivity contribution in [2.75, 3.05) is 6.61 Å². The second-order valence-electron chi connectivity index (χ2n) is 4.56. The SMILES string of the molecule is CCOC(=O)[C@@H]1[C@@H](CC)C(=O)O[C@H]1c1ccccc1. The van der Waals surface area contributed by atoms with Gasteiger partial charge in [0, 0.05) is 0 Å². The highest BCUT2D eigenvalue weighted by molar-refractivity contribution is 5.86. The van der Waals surface area contributed by atoms with Crippen LogP contribution in [0.25, 0.3) is 0 Å². The zero-order valence-corrected chi connectivity index (χ0v) is 11.2. The molecule has 1 aliphatic heterocycles. The van der Waals surface area contributed by atoms with Gasteiger partial charge in [0.05, 0.1) is 12.5 Å². The summed E-state index contributed by atoms with van der Waals surface area (Å²) in [6, 6.07) is 9.34. The maximum absolute atomic E-state index is 12.1. The van der Waals surface area contributed by atoms with Crippen molar-refractivity contribution < 1.29 is 19.1 Å². The summed E-state index contributed by atoms with van der Waals surface area (Å²) in [7, 11) is 0. The minimum Gasteiger partial charge on any atom is -0.466 e. The van der Waals surface area contributed by atoms with Crippen LogP contribution < -0.4 is 0 Å². The molecule has 1 aliphatic rings. The fourth-order valence-corrected chi connectivity index (χ4v) is 2.51. The van der Waals surface area contributed by atoms with Crippen molar-refractivity contribution in [3.8, 4) is 0 Å². The Hall–Kier alpha value is -1.84. The van der Waals surface area contributed by atoms with Crippen molar-refractivity contribution in [2.24, 2.45) is 11.8 Å². The van der Waals surface area contributed by atoms with E-state index in [9.17, 15) is 9.59 Å². The van der Waals surface area contributed by atoms with Gasteiger partial charge in [-0.15, -0.1) is 0 Å². The molecule has 0 N–H and O–H groups in total. The van der Waals surface area contributed by atoms with Gasteiger partial charge in [0.15, 0.2) is 0 Å². The molecule has 1 fully saturated rings. The van der Waals surface area contributed by atoms with Gasteiger partial charge >= 0.3 is 11.9 Å². The molecule has 0 bridgehead atoms. The summed E-state index contributed by atoms with van der Waals surface area (Å²) in [5.41, 5.74) is 0.838. The Bertz CT molecular complexity index is 454. The number of cyclic esters (lactones) is 1. The Balaban J connectivity index is 2.31. The highest BCUT2D eigenvalue weighted by Gasteiger charge is 2.49. The molecule has 1 saturated heterocycles. The summed E-state index contributed by atoms with van der Waals surface area (Å²) >= 11 is 0. The quantitative estimate of drug-likeness (QED) is 0.782. The third-order valence-electron chi connectivity index (χ3n) is 3.43. The van der Waals surface area contributed by atoms with Crippen LogP contribution in [0, 0.1) is 11.8 Å². The summed E-state index contributed by atoms with van der Waals surface area (Å²) in [5.74, 6) is -1.62. The minimum atomic E-state index is -0.542. The van der Waals surface area contributed by atoms with E-state index in [0.29, 0.717) is 13.0 Å². The topological polar surface area (TPSA) is 52.6 Å². The molecule has 102 valence electrons. The molecular formula is C15H18O4. The van der Waals surface area contributed by atoms with Gasteiger partial charge in [0.25, 0.3) is 0 Å². The van der Waals surface area contributed by atoms with Gasteiger partial charge in [-0.05, 0) is 18.9 Å². The van der Waals surface area contributed by atoms with E-state index in [1.54, 1.807) is 6.92 Å². The van der Waals surface area contributed by atoms with Gasteiger partial charge in [0.1, 0.15) is 12.0 Å². The fourth-order valence-electron chi connectivity index (χ4n) is 2.51. The van der Waals surface area contributed by atoms with E-state index in [1.807, 2.05) is 37.3 Å². The van der Waals surface area contributed by atoms with Gasteiger partial charge in [-0.3, -0.25) is 9.59 Å². The summed E-state index contributed by atoms with van der Waals surface area (Å²) in [4.78, 5) is 24.0. The van der Waals surface area contributed by atoms with Gasteiger partial charge in [0.2, 0.25) is 0 Å². The second kappa shape index (κ2) is 5.87. The number of esters is 2. The van der Waals surface area contributed by atoms with Crippen LogP contribution >= 0.6 is 0 Å². The molecule has 2 rings (SSSR count). The highest BCUT2D eigenvalue weighted by Crippen LogP contribution is 2.41. The van der Waals surface area contributed by atoms with Crippen LogP contribution in [-0.2, 0) is 19.1 Å². The molecule has 4 nitrogen and oxygen atoms in total. The summed E-state index contributed by atoms with van der Waals surface area (Å²) in [6.07, 6.45) is 0.0451. The molecule has 0 amide bonds. The molecule has 3 atom stereocenters.